The van der Waals surface area contributed by atoms with Crippen molar-refractivity contribution >= 4 is 17.6 Å². The van der Waals surface area contributed by atoms with Crippen molar-refractivity contribution in [1.82, 2.24) is 0 Å². The zero-order valence-corrected chi connectivity index (χ0v) is 8.15. The van der Waals surface area contributed by atoms with Gasteiger partial charge >= 0.3 is 0 Å². The van der Waals surface area contributed by atoms with Crippen LogP contribution in [-0.4, -0.2) is 25.6 Å². The maximum absolute atomic E-state index is 11.1. The van der Waals surface area contributed by atoms with E-state index in [1.807, 2.05) is 0 Å². The van der Waals surface area contributed by atoms with Crippen molar-refractivity contribution in [1.29, 1.82) is 0 Å². The molecule has 1 aromatic rings. The van der Waals surface area contributed by atoms with E-state index in [0.717, 1.165) is 0 Å². The summed E-state index contributed by atoms with van der Waals surface area (Å²) in [7, 11) is 1.42. The predicted octanol–water partition coefficient (Wildman–Crippen LogP) is -0.365. The van der Waals surface area contributed by atoms with Gasteiger partial charge in [0.15, 0.2) is 0 Å². The zero-order valence-electron chi connectivity index (χ0n) is 8.15. The van der Waals surface area contributed by atoms with Crippen molar-refractivity contribution in [2.24, 2.45) is 0 Å². The van der Waals surface area contributed by atoms with Crippen LogP contribution in [0.15, 0.2) is 24.3 Å². The van der Waals surface area contributed by atoms with Gasteiger partial charge in [-0.3, -0.25) is 4.79 Å². The molecule has 1 rings (SSSR count). The molecule has 0 fully saturated rings. The van der Waals surface area contributed by atoms with Gasteiger partial charge in [0.25, 0.3) is 0 Å². The molecule has 0 aromatic heterocycles. The lowest BCUT2D eigenvalue weighted by Gasteiger charge is -2.06. The number of hydrogen-bond donors (Lipinski definition) is 1. The minimum Gasteiger partial charge on any atom is -0.545 e. The topological polar surface area (TPSA) is 78.5 Å². The molecule has 0 atom stereocenters. The van der Waals surface area contributed by atoms with E-state index in [1.165, 1.54) is 31.4 Å². The van der Waals surface area contributed by atoms with E-state index >= 15 is 0 Å². The summed E-state index contributed by atoms with van der Waals surface area (Å²) in [5, 5.41) is 13.0. The SMILES string of the molecule is COCC(=O)Nc1ccc(C(=O)[O-])cc1. The fraction of sp³-hybridized carbons (Fsp3) is 0.200. The third-order valence-electron chi connectivity index (χ3n) is 1.68. The van der Waals surface area contributed by atoms with Crippen LogP contribution in [0.25, 0.3) is 0 Å². The van der Waals surface area contributed by atoms with Crippen molar-refractivity contribution in [2.45, 2.75) is 0 Å². The fourth-order valence-corrected chi connectivity index (χ4v) is 1.02. The van der Waals surface area contributed by atoms with E-state index in [0.29, 0.717) is 5.69 Å². The average molecular weight is 208 g/mol. The highest BCUT2D eigenvalue weighted by atomic mass is 16.5. The molecular weight excluding hydrogens is 198 g/mol. The largest absolute Gasteiger partial charge is 0.545 e. The van der Waals surface area contributed by atoms with Crippen LogP contribution in [-0.2, 0) is 9.53 Å². The molecule has 0 heterocycles. The average Bonchev–Trinajstić information content (AvgIpc) is 2.18. The van der Waals surface area contributed by atoms with Crippen LogP contribution >= 0.6 is 0 Å². The first-order valence-electron chi connectivity index (χ1n) is 4.23. The Kier molecular flexibility index (Phi) is 3.82. The highest BCUT2D eigenvalue weighted by Gasteiger charge is 2.00. The molecule has 0 saturated heterocycles. The van der Waals surface area contributed by atoms with Gasteiger partial charge in [-0.25, -0.2) is 0 Å². The first-order valence-corrected chi connectivity index (χ1v) is 4.23. The number of anilines is 1. The van der Waals surface area contributed by atoms with E-state index in [9.17, 15) is 14.7 Å². The Labute approximate surface area is 86.7 Å². The number of carbonyl (C=O) groups excluding carboxylic acids is 2. The number of hydrogen-bond acceptors (Lipinski definition) is 4. The van der Waals surface area contributed by atoms with Crippen LogP contribution in [0.2, 0.25) is 0 Å². The third kappa shape index (κ3) is 3.40. The van der Waals surface area contributed by atoms with E-state index < -0.39 is 5.97 Å². The van der Waals surface area contributed by atoms with Gasteiger partial charge in [0.2, 0.25) is 5.91 Å². The van der Waals surface area contributed by atoms with Crippen molar-refractivity contribution in [3.8, 4) is 0 Å². The molecule has 15 heavy (non-hydrogen) atoms. The molecule has 0 aliphatic rings. The molecule has 0 aliphatic heterocycles. The number of benzene rings is 1. The van der Waals surface area contributed by atoms with Gasteiger partial charge < -0.3 is 20.0 Å². The lowest BCUT2D eigenvalue weighted by atomic mass is 10.2. The van der Waals surface area contributed by atoms with Crippen molar-refractivity contribution < 1.29 is 19.4 Å². The summed E-state index contributed by atoms with van der Waals surface area (Å²) < 4.78 is 4.62. The highest BCUT2D eigenvalue weighted by molar-refractivity contribution is 5.92. The number of ether oxygens (including phenoxy) is 1. The zero-order chi connectivity index (χ0) is 11.3. The van der Waals surface area contributed by atoms with Crippen LogP contribution in [0.5, 0.6) is 0 Å². The minimum absolute atomic E-state index is 0.0394. The molecule has 0 unspecified atom stereocenters. The molecular formula is C10H10NO4-. The molecule has 0 spiro atoms. The molecule has 0 aliphatic carbocycles. The fourth-order valence-electron chi connectivity index (χ4n) is 1.02. The highest BCUT2D eigenvalue weighted by Crippen LogP contribution is 2.08. The van der Waals surface area contributed by atoms with Gasteiger partial charge in [0.05, 0.1) is 5.97 Å². The van der Waals surface area contributed by atoms with Crippen LogP contribution in [0.3, 0.4) is 0 Å². The summed E-state index contributed by atoms with van der Waals surface area (Å²) in [6.45, 7) is -0.0394. The maximum Gasteiger partial charge on any atom is 0.250 e. The van der Waals surface area contributed by atoms with E-state index in [-0.39, 0.29) is 18.1 Å². The number of nitrogens with one attached hydrogen (secondary N) is 1. The van der Waals surface area contributed by atoms with Gasteiger partial charge in [0.1, 0.15) is 6.61 Å². The number of carboxylic acid groups (broad SMARTS) is 1. The Morgan fingerprint density at radius 1 is 1.33 bits per heavy atom. The lowest BCUT2D eigenvalue weighted by Crippen LogP contribution is -2.22. The normalized spacial score (nSPS) is 9.67. The van der Waals surface area contributed by atoms with Crippen LogP contribution < -0.4 is 10.4 Å². The molecule has 5 nitrogen and oxygen atoms in total. The van der Waals surface area contributed by atoms with E-state index in [1.54, 1.807) is 0 Å². The number of amides is 1. The van der Waals surface area contributed by atoms with Crippen LogP contribution in [0.4, 0.5) is 5.69 Å². The minimum atomic E-state index is -1.25. The Bertz CT molecular complexity index is 358. The Balaban J connectivity index is 2.64. The van der Waals surface area contributed by atoms with E-state index in [2.05, 4.69) is 10.1 Å². The number of carbonyl (C=O) groups is 2. The predicted molar refractivity (Wildman–Crippen MR) is 51.3 cm³/mol. The molecule has 0 bridgehead atoms. The lowest BCUT2D eigenvalue weighted by molar-refractivity contribution is -0.255. The van der Waals surface area contributed by atoms with Crippen molar-refractivity contribution in [3.05, 3.63) is 29.8 Å². The van der Waals surface area contributed by atoms with Gasteiger partial charge in [-0.2, -0.15) is 0 Å². The number of carboxylic acids is 1. The third-order valence-corrected chi connectivity index (χ3v) is 1.68. The molecule has 5 heteroatoms. The van der Waals surface area contributed by atoms with Crippen molar-refractivity contribution in [2.75, 3.05) is 19.0 Å². The Morgan fingerprint density at radius 3 is 2.40 bits per heavy atom. The number of rotatable bonds is 4. The monoisotopic (exact) mass is 208 g/mol. The second-order valence-corrected chi connectivity index (χ2v) is 2.85. The summed E-state index contributed by atoms with van der Waals surface area (Å²) in [4.78, 5) is 21.5. The Hall–Kier alpha value is -1.88. The molecule has 1 aromatic carbocycles. The van der Waals surface area contributed by atoms with Gasteiger partial charge in [-0.05, 0) is 17.7 Å². The standard InChI is InChI=1S/C10H11NO4/c1-15-6-9(12)11-8-4-2-7(3-5-8)10(13)14/h2-5H,6H2,1H3,(H,11,12)(H,13,14)/p-1. The van der Waals surface area contributed by atoms with Gasteiger partial charge in [-0.15, -0.1) is 0 Å². The Morgan fingerprint density at radius 2 is 1.93 bits per heavy atom. The van der Waals surface area contributed by atoms with Crippen LogP contribution in [0, 0.1) is 0 Å². The smallest absolute Gasteiger partial charge is 0.250 e. The second kappa shape index (κ2) is 5.11. The molecule has 0 radical (unpaired) electrons. The summed E-state index contributed by atoms with van der Waals surface area (Å²) in [5.41, 5.74) is 0.585. The summed E-state index contributed by atoms with van der Waals surface area (Å²) in [6.07, 6.45) is 0. The molecule has 1 N–H and O–H groups in total. The van der Waals surface area contributed by atoms with Gasteiger partial charge in [-0.1, -0.05) is 12.1 Å². The van der Waals surface area contributed by atoms with Crippen LogP contribution in [0.1, 0.15) is 10.4 Å². The molecule has 1 amide bonds. The first kappa shape index (κ1) is 11.2. The van der Waals surface area contributed by atoms with Gasteiger partial charge in [0, 0.05) is 12.8 Å². The first-order chi connectivity index (χ1) is 7.13. The quantitative estimate of drug-likeness (QED) is 0.732. The number of methoxy groups -OCH3 is 1. The molecule has 0 saturated carbocycles. The summed E-state index contributed by atoms with van der Waals surface area (Å²) in [5.74, 6) is -1.54. The second-order valence-electron chi connectivity index (χ2n) is 2.85. The van der Waals surface area contributed by atoms with Crippen molar-refractivity contribution in [3.63, 3.8) is 0 Å². The van der Waals surface area contributed by atoms with E-state index in [4.69, 9.17) is 0 Å². The summed E-state index contributed by atoms with van der Waals surface area (Å²) in [6, 6.07) is 5.69. The summed E-state index contributed by atoms with van der Waals surface area (Å²) >= 11 is 0. The maximum atomic E-state index is 11.1. The number of aromatic carboxylic acids is 1. The molecule has 80 valence electrons.